The van der Waals surface area contributed by atoms with Crippen molar-refractivity contribution >= 4 is 17.4 Å². The Hall–Kier alpha value is -1.65. The van der Waals surface area contributed by atoms with Crippen LogP contribution < -0.4 is 5.32 Å². The molecule has 0 bridgehead atoms. The summed E-state index contributed by atoms with van der Waals surface area (Å²) in [6, 6.07) is 11.3. The maximum atomic E-state index is 9.56. The number of anilines is 1. The van der Waals surface area contributed by atoms with Crippen LogP contribution in [0.15, 0.2) is 36.4 Å². The molecular weight excluding hydrogens is 274 g/mol. The molecule has 1 aliphatic rings. The molecule has 1 aromatic carbocycles. The van der Waals surface area contributed by atoms with Crippen molar-refractivity contribution in [1.82, 2.24) is 9.97 Å². The van der Waals surface area contributed by atoms with Gasteiger partial charge >= 0.3 is 0 Å². The van der Waals surface area contributed by atoms with E-state index in [-0.39, 0.29) is 12.6 Å². The van der Waals surface area contributed by atoms with E-state index in [1.54, 1.807) is 6.07 Å². The van der Waals surface area contributed by atoms with Gasteiger partial charge in [-0.3, -0.25) is 0 Å². The molecule has 0 aliphatic heterocycles. The monoisotopic (exact) mass is 289 g/mol. The summed E-state index contributed by atoms with van der Waals surface area (Å²) in [6.45, 7) is -0.00953. The van der Waals surface area contributed by atoms with Crippen LogP contribution in [0.1, 0.15) is 36.2 Å². The van der Waals surface area contributed by atoms with Crippen LogP contribution in [0.25, 0.3) is 0 Å². The van der Waals surface area contributed by atoms with E-state index in [0.29, 0.717) is 16.9 Å². The van der Waals surface area contributed by atoms with Crippen LogP contribution in [0.4, 0.5) is 5.82 Å². The van der Waals surface area contributed by atoms with Crippen LogP contribution >= 0.6 is 11.6 Å². The van der Waals surface area contributed by atoms with Crippen LogP contribution in [0.5, 0.6) is 0 Å². The molecule has 1 fully saturated rings. The Labute approximate surface area is 122 Å². The molecule has 20 heavy (non-hydrogen) atoms. The number of aliphatic hydroxyl groups is 1. The molecule has 2 N–H and O–H groups in total. The van der Waals surface area contributed by atoms with E-state index in [1.807, 2.05) is 30.3 Å². The maximum absolute atomic E-state index is 9.56. The number of nitrogens with one attached hydrogen (secondary N) is 1. The molecule has 1 atom stereocenters. The van der Waals surface area contributed by atoms with E-state index in [1.165, 1.54) is 0 Å². The van der Waals surface area contributed by atoms with Crippen molar-refractivity contribution in [3.8, 4) is 0 Å². The molecule has 1 heterocycles. The Morgan fingerprint density at radius 2 is 2.00 bits per heavy atom. The first-order valence-electron chi connectivity index (χ1n) is 6.73. The number of nitrogens with zero attached hydrogens (tertiary/aromatic N) is 2. The number of aliphatic hydroxyl groups excluding tert-OH is 1. The third kappa shape index (κ3) is 3.08. The third-order valence-corrected chi connectivity index (χ3v) is 3.55. The molecule has 2 aromatic rings. The second kappa shape index (κ2) is 5.77. The summed E-state index contributed by atoms with van der Waals surface area (Å²) in [5.74, 6) is 1.90. The Bertz CT molecular complexity index is 587. The quantitative estimate of drug-likeness (QED) is 0.830. The summed E-state index contributed by atoms with van der Waals surface area (Å²) in [6.07, 6.45) is 2.25. The van der Waals surface area contributed by atoms with E-state index >= 15 is 0 Å². The third-order valence-electron chi connectivity index (χ3n) is 3.36. The van der Waals surface area contributed by atoms with Gasteiger partial charge in [-0.25, -0.2) is 9.97 Å². The standard InChI is InChI=1S/C15H16ClN3O/c16-13-8-14(19-15(18-13)11-6-7-11)17-12(9-20)10-4-2-1-3-5-10/h1-5,8,11-12,20H,6-7,9H2,(H,17,18,19). The Morgan fingerprint density at radius 3 is 2.65 bits per heavy atom. The number of aromatic nitrogens is 2. The van der Waals surface area contributed by atoms with E-state index < -0.39 is 0 Å². The van der Waals surface area contributed by atoms with E-state index in [4.69, 9.17) is 11.6 Å². The second-order valence-electron chi connectivity index (χ2n) is 5.00. The smallest absolute Gasteiger partial charge is 0.135 e. The predicted molar refractivity (Wildman–Crippen MR) is 78.9 cm³/mol. The average molecular weight is 290 g/mol. The Morgan fingerprint density at radius 1 is 1.25 bits per heavy atom. The summed E-state index contributed by atoms with van der Waals surface area (Å²) in [4.78, 5) is 8.74. The zero-order valence-electron chi connectivity index (χ0n) is 11.0. The highest BCUT2D eigenvalue weighted by molar-refractivity contribution is 6.29. The van der Waals surface area contributed by atoms with Crippen LogP contribution in [0.3, 0.4) is 0 Å². The number of halogens is 1. The molecule has 0 spiro atoms. The van der Waals surface area contributed by atoms with E-state index in [9.17, 15) is 5.11 Å². The van der Waals surface area contributed by atoms with Gasteiger partial charge in [0, 0.05) is 12.0 Å². The molecule has 0 saturated heterocycles. The summed E-state index contributed by atoms with van der Waals surface area (Å²) in [5.41, 5.74) is 1.01. The minimum Gasteiger partial charge on any atom is -0.394 e. The summed E-state index contributed by atoms with van der Waals surface area (Å²) in [7, 11) is 0. The average Bonchev–Trinajstić information content (AvgIpc) is 3.30. The Balaban J connectivity index is 1.82. The molecule has 4 nitrogen and oxygen atoms in total. The first-order chi connectivity index (χ1) is 9.76. The minimum atomic E-state index is -0.200. The highest BCUT2D eigenvalue weighted by Crippen LogP contribution is 2.39. The normalized spacial score (nSPS) is 15.9. The van der Waals surface area contributed by atoms with Gasteiger partial charge in [-0.15, -0.1) is 0 Å². The lowest BCUT2D eigenvalue weighted by Gasteiger charge is -2.17. The van der Waals surface area contributed by atoms with Crippen molar-refractivity contribution in [3.05, 3.63) is 52.9 Å². The number of benzene rings is 1. The van der Waals surface area contributed by atoms with Gasteiger partial charge in [-0.2, -0.15) is 0 Å². The van der Waals surface area contributed by atoms with Crippen molar-refractivity contribution in [2.75, 3.05) is 11.9 Å². The van der Waals surface area contributed by atoms with Gasteiger partial charge in [0.15, 0.2) is 0 Å². The fourth-order valence-corrected chi connectivity index (χ4v) is 2.32. The van der Waals surface area contributed by atoms with Crippen LogP contribution in [-0.2, 0) is 0 Å². The van der Waals surface area contributed by atoms with Gasteiger partial charge < -0.3 is 10.4 Å². The molecule has 1 saturated carbocycles. The van der Waals surface area contributed by atoms with Gasteiger partial charge in [0.25, 0.3) is 0 Å². The second-order valence-corrected chi connectivity index (χ2v) is 5.39. The fourth-order valence-electron chi connectivity index (χ4n) is 2.13. The fraction of sp³-hybridized carbons (Fsp3) is 0.333. The first-order valence-corrected chi connectivity index (χ1v) is 7.11. The number of hydrogen-bond donors (Lipinski definition) is 2. The summed E-state index contributed by atoms with van der Waals surface area (Å²) >= 11 is 6.04. The molecule has 1 unspecified atom stereocenters. The van der Waals surface area contributed by atoms with Gasteiger partial charge in [0.2, 0.25) is 0 Å². The van der Waals surface area contributed by atoms with Crippen molar-refractivity contribution in [1.29, 1.82) is 0 Å². The minimum absolute atomic E-state index is 0.00953. The molecular formula is C15H16ClN3O. The number of rotatable bonds is 5. The zero-order valence-corrected chi connectivity index (χ0v) is 11.7. The topological polar surface area (TPSA) is 58.0 Å². The molecule has 104 valence electrons. The van der Waals surface area contributed by atoms with Crippen LogP contribution in [0, 0.1) is 0 Å². The van der Waals surface area contributed by atoms with Crippen molar-refractivity contribution in [3.63, 3.8) is 0 Å². The van der Waals surface area contributed by atoms with Crippen LogP contribution in [0.2, 0.25) is 5.15 Å². The van der Waals surface area contributed by atoms with Crippen molar-refractivity contribution in [2.45, 2.75) is 24.8 Å². The molecule has 0 radical (unpaired) electrons. The summed E-state index contributed by atoms with van der Waals surface area (Å²) < 4.78 is 0. The molecule has 3 rings (SSSR count). The van der Waals surface area contributed by atoms with Gasteiger partial charge in [0.1, 0.15) is 16.8 Å². The summed E-state index contributed by atoms with van der Waals surface area (Å²) in [5, 5.41) is 13.2. The zero-order chi connectivity index (χ0) is 13.9. The predicted octanol–water partition coefficient (Wildman–Crippen LogP) is 3.15. The molecule has 5 heteroatoms. The highest BCUT2D eigenvalue weighted by Gasteiger charge is 2.27. The first kappa shape index (κ1) is 13.3. The highest BCUT2D eigenvalue weighted by atomic mass is 35.5. The largest absolute Gasteiger partial charge is 0.394 e. The van der Waals surface area contributed by atoms with Crippen LogP contribution in [-0.4, -0.2) is 21.7 Å². The van der Waals surface area contributed by atoms with Gasteiger partial charge in [-0.1, -0.05) is 41.9 Å². The Kier molecular flexibility index (Phi) is 3.85. The maximum Gasteiger partial charge on any atom is 0.135 e. The molecule has 1 aromatic heterocycles. The van der Waals surface area contributed by atoms with Gasteiger partial charge in [0.05, 0.1) is 12.6 Å². The number of hydrogen-bond acceptors (Lipinski definition) is 4. The van der Waals surface area contributed by atoms with E-state index in [0.717, 1.165) is 24.2 Å². The lowest BCUT2D eigenvalue weighted by molar-refractivity contribution is 0.276. The van der Waals surface area contributed by atoms with Crippen molar-refractivity contribution < 1.29 is 5.11 Å². The molecule has 1 aliphatic carbocycles. The lowest BCUT2D eigenvalue weighted by Crippen LogP contribution is -2.16. The SMILES string of the molecule is OCC(Nc1cc(Cl)nc(C2CC2)n1)c1ccccc1. The van der Waals surface area contributed by atoms with Crippen molar-refractivity contribution in [2.24, 2.45) is 0 Å². The van der Waals surface area contributed by atoms with Gasteiger partial charge in [-0.05, 0) is 18.4 Å². The lowest BCUT2D eigenvalue weighted by atomic mass is 10.1. The molecule has 0 amide bonds. The van der Waals surface area contributed by atoms with E-state index in [2.05, 4.69) is 15.3 Å².